The van der Waals surface area contributed by atoms with E-state index in [-0.39, 0.29) is 13.2 Å². The van der Waals surface area contributed by atoms with Crippen molar-refractivity contribution in [3.8, 4) is 11.8 Å². The van der Waals surface area contributed by atoms with Crippen molar-refractivity contribution in [2.45, 2.75) is 0 Å². The van der Waals surface area contributed by atoms with Gasteiger partial charge in [0.25, 0.3) is 0 Å². The van der Waals surface area contributed by atoms with E-state index in [1.54, 1.807) is 12.2 Å². The number of alkyl halides is 1. The standard InChI is InChI=1S/C9H11ClO3/c1-12-7-4-5-9(11)13-8-3-2-6-10/h2-3H,6-8H2,1H3/b3-2+. The summed E-state index contributed by atoms with van der Waals surface area (Å²) in [7, 11) is 1.50. The van der Waals surface area contributed by atoms with Gasteiger partial charge in [-0.15, -0.1) is 11.6 Å². The maximum absolute atomic E-state index is 10.8. The molecule has 0 aliphatic carbocycles. The minimum absolute atomic E-state index is 0.202. The van der Waals surface area contributed by atoms with E-state index in [4.69, 9.17) is 11.6 Å². The first kappa shape index (κ1) is 12.0. The van der Waals surface area contributed by atoms with Crippen molar-refractivity contribution in [2.24, 2.45) is 0 Å². The van der Waals surface area contributed by atoms with Crippen LogP contribution in [-0.2, 0) is 14.3 Å². The first-order valence-corrected chi connectivity index (χ1v) is 4.20. The summed E-state index contributed by atoms with van der Waals surface area (Å²) in [6.45, 7) is 0.430. The fourth-order valence-corrected chi connectivity index (χ4v) is 0.597. The summed E-state index contributed by atoms with van der Waals surface area (Å²) in [6, 6.07) is 0. The lowest BCUT2D eigenvalue weighted by atomic mass is 10.5. The second-order valence-electron chi connectivity index (χ2n) is 1.96. The molecular formula is C9H11ClO3. The summed E-state index contributed by atoms with van der Waals surface area (Å²) in [6.07, 6.45) is 3.35. The van der Waals surface area contributed by atoms with Gasteiger partial charge in [-0.3, -0.25) is 0 Å². The third-order valence-corrected chi connectivity index (χ3v) is 1.15. The minimum Gasteiger partial charge on any atom is -0.452 e. The Labute approximate surface area is 82.7 Å². The van der Waals surface area contributed by atoms with Crippen LogP contribution < -0.4 is 0 Å². The predicted octanol–water partition coefficient (Wildman–Crippen LogP) is 0.974. The molecule has 0 radical (unpaired) electrons. The summed E-state index contributed by atoms with van der Waals surface area (Å²) in [5, 5.41) is 0. The van der Waals surface area contributed by atoms with Crippen molar-refractivity contribution in [2.75, 3.05) is 26.2 Å². The van der Waals surface area contributed by atoms with E-state index in [9.17, 15) is 4.79 Å². The quantitative estimate of drug-likeness (QED) is 0.224. The molecule has 0 aliphatic rings. The van der Waals surface area contributed by atoms with Crippen LogP contribution in [-0.4, -0.2) is 32.2 Å². The zero-order valence-corrected chi connectivity index (χ0v) is 8.13. The molecule has 0 aromatic heterocycles. The number of esters is 1. The molecule has 0 aliphatic heterocycles. The van der Waals surface area contributed by atoms with E-state index < -0.39 is 5.97 Å². The molecule has 0 N–H and O–H groups in total. The second kappa shape index (κ2) is 9.11. The molecule has 0 unspecified atom stereocenters. The maximum atomic E-state index is 10.8. The first-order valence-electron chi connectivity index (χ1n) is 3.66. The number of hydrogen-bond donors (Lipinski definition) is 0. The monoisotopic (exact) mass is 202 g/mol. The number of halogens is 1. The molecule has 3 nitrogen and oxygen atoms in total. The Kier molecular flexibility index (Phi) is 8.42. The third kappa shape index (κ3) is 8.93. The maximum Gasteiger partial charge on any atom is 0.384 e. The predicted molar refractivity (Wildman–Crippen MR) is 50.5 cm³/mol. The lowest BCUT2D eigenvalue weighted by Crippen LogP contribution is -2.01. The number of carbonyl (C=O) groups is 1. The normalized spacial score (nSPS) is 9.38. The van der Waals surface area contributed by atoms with Crippen molar-refractivity contribution in [1.82, 2.24) is 0 Å². The largest absolute Gasteiger partial charge is 0.452 e. The molecule has 0 heterocycles. The first-order chi connectivity index (χ1) is 6.31. The lowest BCUT2D eigenvalue weighted by Gasteiger charge is -1.92. The highest BCUT2D eigenvalue weighted by molar-refractivity contribution is 6.18. The molecule has 0 rings (SSSR count). The average molecular weight is 203 g/mol. The fraction of sp³-hybridized carbons (Fsp3) is 0.444. The summed E-state index contributed by atoms with van der Waals surface area (Å²) >= 11 is 5.35. The van der Waals surface area contributed by atoms with Crippen molar-refractivity contribution in [1.29, 1.82) is 0 Å². The van der Waals surface area contributed by atoms with Gasteiger partial charge in [-0.25, -0.2) is 4.79 Å². The Balaban J connectivity index is 3.53. The molecule has 0 spiro atoms. The summed E-state index contributed by atoms with van der Waals surface area (Å²) in [5.74, 6) is 4.59. The number of allylic oxidation sites excluding steroid dienone is 1. The molecule has 4 heteroatoms. The summed E-state index contributed by atoms with van der Waals surface area (Å²) in [5.41, 5.74) is 0. The Morgan fingerprint density at radius 1 is 1.54 bits per heavy atom. The van der Waals surface area contributed by atoms with Crippen LogP contribution in [0.2, 0.25) is 0 Å². The number of hydrogen-bond acceptors (Lipinski definition) is 3. The molecule has 0 fully saturated rings. The van der Waals surface area contributed by atoms with Crippen molar-refractivity contribution >= 4 is 17.6 Å². The highest BCUT2D eigenvalue weighted by Gasteiger charge is 1.91. The van der Waals surface area contributed by atoms with E-state index in [0.717, 1.165) is 0 Å². The second-order valence-corrected chi connectivity index (χ2v) is 2.27. The smallest absolute Gasteiger partial charge is 0.384 e. The Morgan fingerprint density at radius 3 is 2.92 bits per heavy atom. The molecule has 0 aromatic rings. The van der Waals surface area contributed by atoms with Crippen LogP contribution in [0.15, 0.2) is 12.2 Å². The zero-order valence-electron chi connectivity index (χ0n) is 7.38. The van der Waals surface area contributed by atoms with Gasteiger partial charge in [0.1, 0.15) is 13.2 Å². The molecule has 13 heavy (non-hydrogen) atoms. The highest BCUT2D eigenvalue weighted by atomic mass is 35.5. The summed E-state index contributed by atoms with van der Waals surface area (Å²) in [4.78, 5) is 10.8. The van der Waals surface area contributed by atoms with Crippen LogP contribution in [0.1, 0.15) is 0 Å². The number of carbonyl (C=O) groups excluding carboxylic acids is 1. The van der Waals surface area contributed by atoms with Crippen LogP contribution in [0.3, 0.4) is 0 Å². The SMILES string of the molecule is COCC#CC(=O)OC/C=C/CCl. The van der Waals surface area contributed by atoms with E-state index in [0.29, 0.717) is 5.88 Å². The van der Waals surface area contributed by atoms with Gasteiger partial charge in [0, 0.05) is 18.9 Å². The van der Waals surface area contributed by atoms with E-state index in [1.165, 1.54) is 7.11 Å². The van der Waals surface area contributed by atoms with Crippen LogP contribution >= 0.6 is 11.6 Å². The molecule has 0 bridgehead atoms. The van der Waals surface area contributed by atoms with Crippen LogP contribution in [0.25, 0.3) is 0 Å². The topological polar surface area (TPSA) is 35.5 Å². The van der Waals surface area contributed by atoms with Crippen molar-refractivity contribution in [3.63, 3.8) is 0 Å². The van der Waals surface area contributed by atoms with Crippen LogP contribution in [0, 0.1) is 11.8 Å². The molecular weight excluding hydrogens is 192 g/mol. The number of ether oxygens (including phenoxy) is 2. The fourth-order valence-electron chi connectivity index (χ4n) is 0.471. The Morgan fingerprint density at radius 2 is 2.31 bits per heavy atom. The van der Waals surface area contributed by atoms with Gasteiger partial charge in [-0.2, -0.15) is 0 Å². The van der Waals surface area contributed by atoms with Crippen LogP contribution in [0.4, 0.5) is 0 Å². The molecule has 0 amide bonds. The molecule has 0 atom stereocenters. The van der Waals surface area contributed by atoms with Gasteiger partial charge in [-0.1, -0.05) is 18.1 Å². The minimum atomic E-state index is -0.559. The van der Waals surface area contributed by atoms with Crippen molar-refractivity contribution < 1.29 is 14.3 Å². The molecule has 0 saturated heterocycles. The van der Waals surface area contributed by atoms with Gasteiger partial charge in [0.05, 0.1) is 0 Å². The summed E-state index contributed by atoms with van der Waals surface area (Å²) < 4.78 is 9.30. The molecule has 72 valence electrons. The van der Waals surface area contributed by atoms with Gasteiger partial charge >= 0.3 is 5.97 Å². The number of methoxy groups -OCH3 is 1. The van der Waals surface area contributed by atoms with Gasteiger partial charge in [-0.05, 0) is 0 Å². The van der Waals surface area contributed by atoms with E-state index in [2.05, 4.69) is 21.3 Å². The number of rotatable bonds is 4. The van der Waals surface area contributed by atoms with Gasteiger partial charge < -0.3 is 9.47 Å². The lowest BCUT2D eigenvalue weighted by molar-refractivity contribution is -0.135. The van der Waals surface area contributed by atoms with Gasteiger partial charge in [0.15, 0.2) is 0 Å². The molecule has 0 aromatic carbocycles. The Hall–Kier alpha value is -0.980. The highest BCUT2D eigenvalue weighted by Crippen LogP contribution is 1.81. The van der Waals surface area contributed by atoms with E-state index in [1.807, 2.05) is 0 Å². The zero-order chi connectivity index (χ0) is 9.94. The third-order valence-electron chi connectivity index (χ3n) is 0.973. The van der Waals surface area contributed by atoms with Gasteiger partial charge in [0.2, 0.25) is 0 Å². The van der Waals surface area contributed by atoms with E-state index >= 15 is 0 Å². The average Bonchev–Trinajstić information content (AvgIpc) is 2.13. The van der Waals surface area contributed by atoms with Crippen molar-refractivity contribution in [3.05, 3.63) is 12.2 Å². The van der Waals surface area contributed by atoms with Crippen LogP contribution in [0.5, 0.6) is 0 Å². The Bertz CT molecular complexity index is 225. The molecule has 0 saturated carbocycles.